The maximum atomic E-state index is 15.2. The fraction of sp³-hybridized carbons (Fsp3) is 0.886. The van der Waals surface area contributed by atoms with Crippen molar-refractivity contribution >= 4 is 29.8 Å². The van der Waals surface area contributed by atoms with Crippen LogP contribution in [0.15, 0.2) is 0 Å². The molecule has 15 atom stereocenters. The summed E-state index contributed by atoms with van der Waals surface area (Å²) in [6.07, 6.45) is 1.96. The zero-order valence-corrected chi connectivity index (χ0v) is 35.6. The van der Waals surface area contributed by atoms with Crippen molar-refractivity contribution in [2.75, 3.05) is 6.61 Å². The van der Waals surface area contributed by atoms with Crippen molar-refractivity contribution in [2.24, 2.45) is 62.6 Å². The molecule has 5 saturated carbocycles. The summed E-state index contributed by atoms with van der Waals surface area (Å²) >= 11 is 0. The molecule has 5 aliphatic carbocycles. The van der Waals surface area contributed by atoms with Gasteiger partial charge in [-0.2, -0.15) is 0 Å². The summed E-state index contributed by atoms with van der Waals surface area (Å²) in [6, 6.07) is 0. The Morgan fingerprint density at radius 2 is 1.29 bits per heavy atom. The third-order valence-electron chi connectivity index (χ3n) is 16.9. The van der Waals surface area contributed by atoms with Gasteiger partial charge in [-0.25, -0.2) is 0 Å². The molecule has 1 saturated heterocycles. The second-order valence-corrected chi connectivity index (χ2v) is 20.1. The molecule has 1 aliphatic heterocycles. The molecule has 0 aromatic carbocycles. The van der Waals surface area contributed by atoms with Crippen LogP contribution < -0.4 is 0 Å². The number of carbonyl (C=O) groups is 5. The fourth-order valence-electron chi connectivity index (χ4n) is 14.2. The molecule has 6 aliphatic rings. The third kappa shape index (κ3) is 6.88. The topological polar surface area (TPSA) is 161 Å². The molecule has 0 aromatic rings. The van der Waals surface area contributed by atoms with Crippen LogP contribution in [0.25, 0.3) is 0 Å². The van der Waals surface area contributed by atoms with Crippen molar-refractivity contribution in [1.29, 1.82) is 0 Å². The quantitative estimate of drug-likeness (QED) is 0.205. The molecule has 316 valence electrons. The van der Waals surface area contributed by atoms with E-state index in [0.717, 1.165) is 51.4 Å². The minimum absolute atomic E-state index is 0.0234. The predicted octanol–water partition coefficient (Wildman–Crippen LogP) is 6.71. The number of esters is 5. The van der Waals surface area contributed by atoms with Crippen molar-refractivity contribution in [1.82, 2.24) is 0 Å². The molecule has 0 spiro atoms. The molecule has 6 rings (SSSR count). The lowest BCUT2D eigenvalue weighted by atomic mass is 9.32. The Kier molecular flexibility index (Phi) is 11.6. The molecule has 1 N–H and O–H groups in total. The smallest absolute Gasteiger partial charge is 0.314 e. The highest BCUT2D eigenvalue weighted by Crippen LogP contribution is 2.77. The molecule has 0 radical (unpaired) electrons. The first-order valence-electron chi connectivity index (χ1n) is 21.2. The third-order valence-corrected chi connectivity index (χ3v) is 16.9. The van der Waals surface area contributed by atoms with Gasteiger partial charge in [-0.3, -0.25) is 24.0 Å². The van der Waals surface area contributed by atoms with Gasteiger partial charge < -0.3 is 33.5 Å². The fourth-order valence-corrected chi connectivity index (χ4v) is 14.2. The van der Waals surface area contributed by atoms with Crippen molar-refractivity contribution in [3.8, 4) is 0 Å². The van der Waals surface area contributed by atoms with Crippen molar-refractivity contribution < 1.29 is 57.5 Å². The van der Waals surface area contributed by atoms with Gasteiger partial charge in [0.15, 0.2) is 12.2 Å². The Hall–Kier alpha value is -2.73. The molecule has 56 heavy (non-hydrogen) atoms. The molecular formula is C44H68O12. The number of carbonyl (C=O) groups excluding carboxylic acids is 5. The Labute approximate surface area is 333 Å². The Morgan fingerprint density at radius 3 is 1.89 bits per heavy atom. The maximum Gasteiger partial charge on any atom is 0.314 e. The lowest BCUT2D eigenvalue weighted by Crippen LogP contribution is -2.67. The maximum absolute atomic E-state index is 15.2. The van der Waals surface area contributed by atoms with Crippen LogP contribution >= 0.6 is 0 Å². The standard InChI is InChI=1S/C44H68O12/c1-23(2)28-14-19-44(39(50)56-38-37(54-27(6)48)36(53-26(5)47)35(52-25(4)46)30(55-38)22-51-24(3)45)21-20-42(10)29(34(28)44)12-13-32-41(9)17-16-33(49)40(7,8)31(41)15-18-43(32,42)11/h23,28-38,49H,12-22H2,1-11H3/t28-,29+,30+,31-,32+,33-,34+,35+,36-,37+,38-,41-,42+,43+,44-/m0/s1. The first-order chi connectivity index (χ1) is 26.0. The predicted molar refractivity (Wildman–Crippen MR) is 203 cm³/mol. The van der Waals surface area contributed by atoms with Crippen LogP contribution in [0.5, 0.6) is 0 Å². The summed E-state index contributed by atoms with van der Waals surface area (Å²) in [5.74, 6) is -1.36. The second-order valence-electron chi connectivity index (χ2n) is 20.1. The summed E-state index contributed by atoms with van der Waals surface area (Å²) in [5, 5.41) is 11.2. The second kappa shape index (κ2) is 15.1. The highest BCUT2D eigenvalue weighted by Gasteiger charge is 2.72. The Bertz CT molecular complexity index is 1560. The minimum atomic E-state index is -1.54. The number of fused-ring (bicyclic) bond motifs is 7. The van der Waals surface area contributed by atoms with Gasteiger partial charge in [-0.15, -0.1) is 0 Å². The number of aliphatic hydroxyl groups is 1. The number of ether oxygens (including phenoxy) is 6. The van der Waals surface area contributed by atoms with E-state index in [1.807, 2.05) is 0 Å². The van der Waals surface area contributed by atoms with E-state index in [9.17, 15) is 24.3 Å². The number of hydrogen-bond acceptors (Lipinski definition) is 12. The Balaban J connectivity index is 1.35. The van der Waals surface area contributed by atoms with Gasteiger partial charge in [-0.1, -0.05) is 48.5 Å². The van der Waals surface area contributed by atoms with Gasteiger partial charge in [0, 0.05) is 27.7 Å². The summed E-state index contributed by atoms with van der Waals surface area (Å²) in [7, 11) is 0. The average Bonchev–Trinajstić information content (AvgIpc) is 3.49. The monoisotopic (exact) mass is 788 g/mol. The van der Waals surface area contributed by atoms with Crippen LogP contribution in [0.3, 0.4) is 0 Å². The van der Waals surface area contributed by atoms with E-state index in [1.165, 1.54) is 27.7 Å². The molecule has 6 fully saturated rings. The van der Waals surface area contributed by atoms with Gasteiger partial charge in [-0.05, 0) is 121 Å². The van der Waals surface area contributed by atoms with Crippen LogP contribution in [-0.4, -0.2) is 78.4 Å². The van der Waals surface area contributed by atoms with Gasteiger partial charge in [0.05, 0.1) is 11.5 Å². The van der Waals surface area contributed by atoms with Crippen LogP contribution in [0.4, 0.5) is 0 Å². The molecule has 0 unspecified atom stereocenters. The van der Waals surface area contributed by atoms with Gasteiger partial charge in [0.1, 0.15) is 12.7 Å². The van der Waals surface area contributed by atoms with Crippen LogP contribution in [0.1, 0.15) is 140 Å². The van der Waals surface area contributed by atoms with E-state index in [1.54, 1.807) is 0 Å². The van der Waals surface area contributed by atoms with E-state index >= 15 is 4.79 Å². The number of aliphatic hydroxyl groups excluding tert-OH is 1. The lowest BCUT2D eigenvalue weighted by Gasteiger charge is -2.72. The molecule has 1 heterocycles. The SMILES string of the molecule is CC(=O)OC[C@H]1O[C@@H](OC(=O)[C@]23CC[C@@H](C(C)C)[C@@H]2[C@H]2CC[C@@H]4[C@@]5(C)CC[C@H](O)C(C)(C)[C@@H]5CC[C@@]4(C)[C@]2(C)CC3)[C@H](OC(C)=O)[C@@H](OC(C)=O)[C@@H]1OC(C)=O. The van der Waals surface area contributed by atoms with E-state index in [0.29, 0.717) is 36.5 Å². The van der Waals surface area contributed by atoms with Crippen LogP contribution in [0.2, 0.25) is 0 Å². The van der Waals surface area contributed by atoms with E-state index in [2.05, 4.69) is 48.5 Å². The van der Waals surface area contributed by atoms with E-state index in [4.69, 9.17) is 28.4 Å². The summed E-state index contributed by atoms with van der Waals surface area (Å²) in [4.78, 5) is 64.4. The van der Waals surface area contributed by atoms with Crippen molar-refractivity contribution in [2.45, 2.75) is 177 Å². The lowest BCUT2D eigenvalue weighted by molar-refractivity contribution is -0.305. The van der Waals surface area contributed by atoms with E-state index in [-0.39, 0.29) is 39.6 Å². The first kappa shape index (κ1) is 42.9. The molecule has 12 heteroatoms. The zero-order valence-electron chi connectivity index (χ0n) is 35.6. The minimum Gasteiger partial charge on any atom is -0.463 e. The van der Waals surface area contributed by atoms with E-state index < -0.39 is 72.6 Å². The number of rotatable bonds is 8. The highest BCUT2D eigenvalue weighted by molar-refractivity contribution is 5.78. The van der Waals surface area contributed by atoms with Crippen molar-refractivity contribution in [3.63, 3.8) is 0 Å². The molecule has 0 aromatic heterocycles. The molecular weight excluding hydrogens is 720 g/mol. The first-order valence-corrected chi connectivity index (χ1v) is 21.2. The van der Waals surface area contributed by atoms with Crippen LogP contribution in [0, 0.1) is 62.6 Å². The number of hydrogen-bond donors (Lipinski definition) is 1. The van der Waals surface area contributed by atoms with Gasteiger partial charge >= 0.3 is 29.8 Å². The van der Waals surface area contributed by atoms with Crippen LogP contribution in [-0.2, 0) is 52.4 Å². The average molecular weight is 789 g/mol. The zero-order chi connectivity index (χ0) is 41.3. The summed E-state index contributed by atoms with van der Waals surface area (Å²) in [6.45, 7) is 21.0. The Morgan fingerprint density at radius 1 is 0.661 bits per heavy atom. The van der Waals surface area contributed by atoms with Crippen molar-refractivity contribution in [3.05, 3.63) is 0 Å². The largest absolute Gasteiger partial charge is 0.463 e. The van der Waals surface area contributed by atoms with Gasteiger partial charge in [0.2, 0.25) is 12.4 Å². The molecule has 0 amide bonds. The highest BCUT2D eigenvalue weighted by atomic mass is 16.7. The summed E-state index contributed by atoms with van der Waals surface area (Å²) < 4.78 is 34.8. The molecule has 0 bridgehead atoms. The van der Waals surface area contributed by atoms with Gasteiger partial charge in [0.25, 0.3) is 0 Å². The normalized spacial score (nSPS) is 45.2. The molecule has 12 nitrogen and oxygen atoms in total. The summed E-state index contributed by atoms with van der Waals surface area (Å²) in [5.41, 5.74) is -0.802.